The third-order valence-electron chi connectivity index (χ3n) is 3.87. The molecule has 0 saturated carbocycles. The lowest BCUT2D eigenvalue weighted by Crippen LogP contribution is -2.31. The minimum absolute atomic E-state index is 0.267. The predicted octanol–water partition coefficient (Wildman–Crippen LogP) is 2.51. The van der Waals surface area contributed by atoms with Crippen LogP contribution in [0.4, 0.5) is 5.69 Å². The van der Waals surface area contributed by atoms with Gasteiger partial charge in [-0.3, -0.25) is 4.90 Å². The van der Waals surface area contributed by atoms with Gasteiger partial charge in [-0.25, -0.2) is 0 Å². The minimum atomic E-state index is 0.267. The Balaban J connectivity index is 1.89. The van der Waals surface area contributed by atoms with Crippen LogP contribution in [0.5, 0.6) is 0 Å². The lowest BCUT2D eigenvalue weighted by Gasteiger charge is -2.21. The second-order valence-electron chi connectivity index (χ2n) is 5.75. The zero-order valence-electron chi connectivity index (χ0n) is 12.1. The number of benzene rings is 1. The molecule has 1 aliphatic heterocycles. The van der Waals surface area contributed by atoms with Crippen LogP contribution in [0.3, 0.4) is 0 Å². The highest BCUT2D eigenvalue weighted by molar-refractivity contribution is 5.46. The number of nitrogens with zero attached hydrogens (tertiary/aromatic N) is 1. The summed E-state index contributed by atoms with van der Waals surface area (Å²) >= 11 is 0. The molecule has 1 saturated heterocycles. The summed E-state index contributed by atoms with van der Waals surface area (Å²) in [5, 5.41) is 12.5. The average Bonchev–Trinajstić information content (AvgIpc) is 2.85. The van der Waals surface area contributed by atoms with E-state index in [2.05, 4.69) is 48.3 Å². The van der Waals surface area contributed by atoms with Crippen LogP contribution < -0.4 is 5.32 Å². The van der Waals surface area contributed by atoms with Crippen molar-refractivity contribution < 1.29 is 5.11 Å². The monoisotopic (exact) mass is 262 g/mol. The molecule has 0 spiro atoms. The quantitative estimate of drug-likeness (QED) is 0.827. The summed E-state index contributed by atoms with van der Waals surface area (Å²) in [4.78, 5) is 2.52. The van der Waals surface area contributed by atoms with Crippen molar-refractivity contribution in [3.05, 3.63) is 29.8 Å². The van der Waals surface area contributed by atoms with E-state index in [0.717, 1.165) is 19.4 Å². The molecule has 1 aromatic rings. The molecule has 3 nitrogen and oxygen atoms in total. The van der Waals surface area contributed by atoms with Gasteiger partial charge in [0.05, 0.1) is 0 Å². The summed E-state index contributed by atoms with van der Waals surface area (Å²) in [5.41, 5.74) is 2.52. The molecule has 1 heterocycles. The van der Waals surface area contributed by atoms with Gasteiger partial charge in [0.1, 0.15) is 0 Å². The number of likely N-dealkylation sites (tertiary alicyclic amines) is 1. The third-order valence-corrected chi connectivity index (χ3v) is 3.87. The van der Waals surface area contributed by atoms with Crippen molar-refractivity contribution in [2.24, 2.45) is 0 Å². The van der Waals surface area contributed by atoms with Crippen LogP contribution in [0.25, 0.3) is 0 Å². The fourth-order valence-electron chi connectivity index (χ4n) is 2.71. The van der Waals surface area contributed by atoms with E-state index < -0.39 is 0 Å². The molecule has 19 heavy (non-hydrogen) atoms. The molecule has 1 fully saturated rings. The molecule has 1 atom stereocenters. The molecule has 2 N–H and O–H groups in total. The standard InChI is InChI=1S/C16H26N2O/c1-13(2)18-9-8-16(12-18)17-15-7-3-5-14(11-15)6-4-10-19/h3,5,7,11,13,16-17,19H,4,6,8-10,12H2,1-2H3. The van der Waals surface area contributed by atoms with Crippen molar-refractivity contribution in [2.45, 2.75) is 45.2 Å². The van der Waals surface area contributed by atoms with Crippen LogP contribution in [0, 0.1) is 0 Å². The smallest absolute Gasteiger partial charge is 0.0434 e. The van der Waals surface area contributed by atoms with Crippen LogP contribution in [0.2, 0.25) is 0 Å². The Morgan fingerprint density at radius 1 is 1.42 bits per heavy atom. The van der Waals surface area contributed by atoms with Gasteiger partial charge in [0, 0.05) is 37.5 Å². The number of nitrogens with one attached hydrogen (secondary N) is 1. The molecule has 3 heteroatoms. The normalized spacial score (nSPS) is 20.1. The number of aliphatic hydroxyl groups is 1. The fourth-order valence-corrected chi connectivity index (χ4v) is 2.71. The van der Waals surface area contributed by atoms with Crippen molar-refractivity contribution in [3.8, 4) is 0 Å². The first-order valence-corrected chi connectivity index (χ1v) is 7.39. The van der Waals surface area contributed by atoms with Gasteiger partial charge >= 0.3 is 0 Å². The Kier molecular flexibility index (Phi) is 5.23. The van der Waals surface area contributed by atoms with Gasteiger partial charge < -0.3 is 10.4 Å². The van der Waals surface area contributed by atoms with Crippen molar-refractivity contribution >= 4 is 5.69 Å². The van der Waals surface area contributed by atoms with Gasteiger partial charge in [-0.1, -0.05) is 12.1 Å². The minimum Gasteiger partial charge on any atom is -0.396 e. The summed E-state index contributed by atoms with van der Waals surface area (Å²) in [6.45, 7) is 7.12. The third kappa shape index (κ3) is 4.22. The Morgan fingerprint density at radius 3 is 2.95 bits per heavy atom. The summed E-state index contributed by atoms with van der Waals surface area (Å²) in [7, 11) is 0. The van der Waals surface area contributed by atoms with Gasteiger partial charge in [-0.15, -0.1) is 0 Å². The van der Waals surface area contributed by atoms with E-state index in [-0.39, 0.29) is 6.61 Å². The van der Waals surface area contributed by atoms with Crippen LogP contribution in [-0.2, 0) is 6.42 Å². The van der Waals surface area contributed by atoms with Crippen molar-refractivity contribution in [3.63, 3.8) is 0 Å². The molecular formula is C16H26N2O. The van der Waals surface area contributed by atoms with Crippen LogP contribution in [0.1, 0.15) is 32.3 Å². The first-order valence-electron chi connectivity index (χ1n) is 7.39. The largest absolute Gasteiger partial charge is 0.396 e. The first kappa shape index (κ1) is 14.4. The highest BCUT2D eigenvalue weighted by Crippen LogP contribution is 2.19. The molecule has 2 rings (SSSR count). The molecule has 1 aromatic carbocycles. The highest BCUT2D eigenvalue weighted by Gasteiger charge is 2.23. The van der Waals surface area contributed by atoms with Crippen molar-refractivity contribution in [1.29, 1.82) is 0 Å². The second kappa shape index (κ2) is 6.92. The zero-order chi connectivity index (χ0) is 13.7. The Hall–Kier alpha value is -1.06. The molecule has 0 radical (unpaired) electrons. The summed E-state index contributed by atoms with van der Waals surface area (Å²) < 4.78 is 0. The average molecular weight is 262 g/mol. The zero-order valence-corrected chi connectivity index (χ0v) is 12.1. The number of hydrogen-bond donors (Lipinski definition) is 2. The number of aliphatic hydroxyl groups excluding tert-OH is 1. The molecule has 1 unspecified atom stereocenters. The van der Waals surface area contributed by atoms with E-state index >= 15 is 0 Å². The Morgan fingerprint density at radius 2 is 2.26 bits per heavy atom. The van der Waals surface area contributed by atoms with Crippen molar-refractivity contribution in [1.82, 2.24) is 4.90 Å². The number of hydrogen-bond acceptors (Lipinski definition) is 3. The van der Waals surface area contributed by atoms with Gasteiger partial charge in [-0.05, 0) is 50.8 Å². The predicted molar refractivity (Wildman–Crippen MR) is 80.6 cm³/mol. The van der Waals surface area contributed by atoms with E-state index in [0.29, 0.717) is 12.1 Å². The van der Waals surface area contributed by atoms with Gasteiger partial charge in [0.2, 0.25) is 0 Å². The number of rotatable bonds is 6. The van der Waals surface area contributed by atoms with E-state index in [9.17, 15) is 0 Å². The molecule has 0 bridgehead atoms. The molecule has 0 amide bonds. The van der Waals surface area contributed by atoms with E-state index in [1.54, 1.807) is 0 Å². The van der Waals surface area contributed by atoms with Crippen molar-refractivity contribution in [2.75, 3.05) is 25.0 Å². The van der Waals surface area contributed by atoms with E-state index in [1.165, 1.54) is 24.2 Å². The highest BCUT2D eigenvalue weighted by atomic mass is 16.2. The number of aryl methyl sites for hydroxylation is 1. The number of anilines is 1. The molecule has 1 aliphatic rings. The van der Waals surface area contributed by atoms with Crippen LogP contribution >= 0.6 is 0 Å². The summed E-state index contributed by atoms with van der Waals surface area (Å²) in [6.07, 6.45) is 3.02. The lowest BCUT2D eigenvalue weighted by molar-refractivity contribution is 0.274. The summed E-state index contributed by atoms with van der Waals surface area (Å²) in [5.74, 6) is 0. The maximum atomic E-state index is 8.89. The van der Waals surface area contributed by atoms with Crippen LogP contribution in [0.15, 0.2) is 24.3 Å². The molecular weight excluding hydrogens is 236 g/mol. The molecule has 106 valence electrons. The first-order chi connectivity index (χ1) is 9.19. The van der Waals surface area contributed by atoms with E-state index in [1.807, 2.05) is 0 Å². The van der Waals surface area contributed by atoms with Gasteiger partial charge in [-0.2, -0.15) is 0 Å². The maximum absolute atomic E-state index is 8.89. The molecule has 0 aliphatic carbocycles. The Labute approximate surface area is 116 Å². The Bertz CT molecular complexity index is 392. The topological polar surface area (TPSA) is 35.5 Å². The van der Waals surface area contributed by atoms with E-state index in [4.69, 9.17) is 5.11 Å². The maximum Gasteiger partial charge on any atom is 0.0434 e. The molecule has 0 aromatic heterocycles. The fraction of sp³-hybridized carbons (Fsp3) is 0.625. The van der Waals surface area contributed by atoms with Crippen LogP contribution in [-0.4, -0.2) is 41.8 Å². The van der Waals surface area contributed by atoms with Gasteiger partial charge in [0.15, 0.2) is 0 Å². The van der Waals surface area contributed by atoms with Gasteiger partial charge in [0.25, 0.3) is 0 Å². The second-order valence-corrected chi connectivity index (χ2v) is 5.75. The lowest BCUT2D eigenvalue weighted by atomic mass is 10.1. The summed E-state index contributed by atoms with van der Waals surface area (Å²) in [6, 6.07) is 9.80. The SMILES string of the molecule is CC(C)N1CCC(Nc2cccc(CCCO)c2)C1.